The van der Waals surface area contributed by atoms with Gasteiger partial charge in [-0.2, -0.15) is 0 Å². The Kier molecular flexibility index (Phi) is 3.59. The van der Waals surface area contributed by atoms with Crippen molar-refractivity contribution in [3.63, 3.8) is 0 Å². The lowest BCUT2D eigenvalue weighted by Crippen LogP contribution is -2.43. The van der Waals surface area contributed by atoms with E-state index >= 15 is 0 Å². The SMILES string of the molecule is O=C([C@H]1C[C@H](O)CN1)N1CCCCCC1. The first-order valence-corrected chi connectivity index (χ1v) is 5.97. The van der Waals surface area contributed by atoms with E-state index in [4.69, 9.17) is 0 Å². The number of carbonyl (C=O) groups excluding carboxylic acids is 1. The fraction of sp³-hybridized carbons (Fsp3) is 0.909. The van der Waals surface area contributed by atoms with Gasteiger partial charge in [0.2, 0.25) is 5.91 Å². The van der Waals surface area contributed by atoms with Crippen molar-refractivity contribution in [3.05, 3.63) is 0 Å². The molecule has 0 aromatic carbocycles. The molecule has 2 N–H and O–H groups in total. The summed E-state index contributed by atoms with van der Waals surface area (Å²) >= 11 is 0. The lowest BCUT2D eigenvalue weighted by molar-refractivity contribution is -0.133. The van der Waals surface area contributed by atoms with E-state index in [-0.39, 0.29) is 18.1 Å². The summed E-state index contributed by atoms with van der Waals surface area (Å²) in [6, 6.07) is -0.141. The van der Waals surface area contributed by atoms with E-state index in [1.807, 2.05) is 4.90 Å². The van der Waals surface area contributed by atoms with Gasteiger partial charge in [-0.3, -0.25) is 4.79 Å². The molecule has 2 heterocycles. The number of amides is 1. The van der Waals surface area contributed by atoms with Gasteiger partial charge in [0.05, 0.1) is 12.1 Å². The zero-order valence-electron chi connectivity index (χ0n) is 9.11. The van der Waals surface area contributed by atoms with Crippen molar-refractivity contribution in [2.45, 2.75) is 44.2 Å². The molecule has 0 radical (unpaired) electrons. The molecule has 2 aliphatic rings. The summed E-state index contributed by atoms with van der Waals surface area (Å²) < 4.78 is 0. The van der Waals surface area contributed by atoms with Crippen LogP contribution in [0.2, 0.25) is 0 Å². The van der Waals surface area contributed by atoms with Crippen LogP contribution in [-0.4, -0.2) is 47.7 Å². The Bertz CT molecular complexity index is 225. The second-order valence-electron chi connectivity index (χ2n) is 4.59. The van der Waals surface area contributed by atoms with E-state index < -0.39 is 0 Å². The fourth-order valence-electron chi connectivity index (χ4n) is 2.42. The van der Waals surface area contributed by atoms with Crippen molar-refractivity contribution in [2.75, 3.05) is 19.6 Å². The van der Waals surface area contributed by atoms with E-state index in [2.05, 4.69) is 5.32 Å². The second kappa shape index (κ2) is 4.94. The van der Waals surface area contributed by atoms with E-state index in [1.54, 1.807) is 0 Å². The molecule has 0 saturated carbocycles. The molecule has 0 aliphatic carbocycles. The number of nitrogens with one attached hydrogen (secondary N) is 1. The Morgan fingerprint density at radius 2 is 1.87 bits per heavy atom. The Labute approximate surface area is 90.6 Å². The van der Waals surface area contributed by atoms with Crippen LogP contribution in [0.1, 0.15) is 32.1 Å². The molecule has 0 unspecified atom stereocenters. The van der Waals surface area contributed by atoms with Crippen LogP contribution in [0.15, 0.2) is 0 Å². The molecular weight excluding hydrogens is 192 g/mol. The normalized spacial score (nSPS) is 32.7. The molecule has 2 aliphatic heterocycles. The van der Waals surface area contributed by atoms with Crippen molar-refractivity contribution in [3.8, 4) is 0 Å². The number of aliphatic hydroxyl groups excluding tert-OH is 1. The number of likely N-dealkylation sites (tertiary alicyclic amines) is 1. The predicted octanol–water partition coefficient (Wildman–Crippen LogP) is 0.112. The van der Waals surface area contributed by atoms with Gasteiger partial charge in [0.25, 0.3) is 0 Å². The first-order chi connectivity index (χ1) is 7.27. The van der Waals surface area contributed by atoms with Gasteiger partial charge in [0, 0.05) is 19.6 Å². The summed E-state index contributed by atoms with van der Waals surface area (Å²) in [5.74, 6) is 0.188. The van der Waals surface area contributed by atoms with Gasteiger partial charge >= 0.3 is 0 Å². The lowest BCUT2D eigenvalue weighted by atomic mass is 10.2. The molecule has 2 rings (SSSR count). The van der Waals surface area contributed by atoms with E-state index in [1.165, 1.54) is 12.8 Å². The molecule has 0 aromatic heterocycles. The van der Waals surface area contributed by atoms with E-state index in [0.29, 0.717) is 13.0 Å². The molecule has 2 saturated heterocycles. The van der Waals surface area contributed by atoms with Crippen LogP contribution in [-0.2, 0) is 4.79 Å². The van der Waals surface area contributed by atoms with Crippen LogP contribution in [0, 0.1) is 0 Å². The lowest BCUT2D eigenvalue weighted by Gasteiger charge is -2.23. The van der Waals surface area contributed by atoms with Gasteiger partial charge in [-0.1, -0.05) is 12.8 Å². The zero-order valence-corrected chi connectivity index (χ0v) is 9.11. The highest BCUT2D eigenvalue weighted by Crippen LogP contribution is 2.14. The molecule has 86 valence electrons. The first-order valence-electron chi connectivity index (χ1n) is 5.97. The molecule has 4 heteroatoms. The maximum atomic E-state index is 12.1. The van der Waals surface area contributed by atoms with E-state index in [9.17, 15) is 9.90 Å². The van der Waals surface area contributed by atoms with Crippen molar-refractivity contribution >= 4 is 5.91 Å². The molecule has 0 bridgehead atoms. The van der Waals surface area contributed by atoms with Crippen molar-refractivity contribution < 1.29 is 9.90 Å². The summed E-state index contributed by atoms with van der Waals surface area (Å²) in [5.41, 5.74) is 0. The van der Waals surface area contributed by atoms with Crippen molar-refractivity contribution in [1.29, 1.82) is 0 Å². The average Bonchev–Trinajstić information content (AvgIpc) is 2.53. The molecule has 15 heavy (non-hydrogen) atoms. The third kappa shape index (κ3) is 2.69. The highest BCUT2D eigenvalue weighted by atomic mass is 16.3. The Hall–Kier alpha value is -0.610. The standard InChI is InChI=1S/C11H20N2O2/c14-9-7-10(12-8-9)11(15)13-5-3-1-2-4-6-13/h9-10,12,14H,1-8H2/t9-,10+/m0/s1. The predicted molar refractivity (Wildman–Crippen MR) is 57.5 cm³/mol. The number of nitrogens with zero attached hydrogens (tertiary/aromatic N) is 1. The first kappa shape index (κ1) is 10.9. The molecule has 4 nitrogen and oxygen atoms in total. The monoisotopic (exact) mass is 212 g/mol. The third-order valence-corrected chi connectivity index (χ3v) is 3.32. The van der Waals surface area contributed by atoms with Gasteiger partial charge in [0.15, 0.2) is 0 Å². The molecule has 2 fully saturated rings. The van der Waals surface area contributed by atoms with Crippen LogP contribution in [0.25, 0.3) is 0 Å². The number of β-amino-alcohol motifs (C(OH)–C–C–N with tert-alkyl or cyclic N) is 1. The van der Waals surface area contributed by atoms with Crippen molar-refractivity contribution in [1.82, 2.24) is 10.2 Å². The summed E-state index contributed by atoms with van der Waals surface area (Å²) in [6.45, 7) is 2.35. The molecular formula is C11H20N2O2. The quantitative estimate of drug-likeness (QED) is 0.649. The minimum Gasteiger partial charge on any atom is -0.392 e. The van der Waals surface area contributed by atoms with Gasteiger partial charge in [-0.05, 0) is 19.3 Å². The van der Waals surface area contributed by atoms with Gasteiger partial charge < -0.3 is 15.3 Å². The van der Waals surface area contributed by atoms with Gasteiger partial charge in [-0.25, -0.2) is 0 Å². The fourth-order valence-corrected chi connectivity index (χ4v) is 2.42. The van der Waals surface area contributed by atoms with Gasteiger partial charge in [0.1, 0.15) is 0 Å². The number of aliphatic hydroxyl groups is 1. The Morgan fingerprint density at radius 3 is 2.40 bits per heavy atom. The molecule has 0 aromatic rings. The van der Waals surface area contributed by atoms with Crippen molar-refractivity contribution in [2.24, 2.45) is 0 Å². The Balaban J connectivity index is 1.88. The largest absolute Gasteiger partial charge is 0.392 e. The summed E-state index contributed by atoms with van der Waals surface area (Å²) in [5, 5.41) is 12.5. The maximum absolute atomic E-state index is 12.1. The molecule has 1 amide bonds. The Morgan fingerprint density at radius 1 is 1.20 bits per heavy atom. The summed E-state index contributed by atoms with van der Waals surface area (Å²) in [7, 11) is 0. The maximum Gasteiger partial charge on any atom is 0.239 e. The van der Waals surface area contributed by atoms with E-state index in [0.717, 1.165) is 25.9 Å². The topological polar surface area (TPSA) is 52.6 Å². The van der Waals surface area contributed by atoms with Gasteiger partial charge in [-0.15, -0.1) is 0 Å². The second-order valence-corrected chi connectivity index (χ2v) is 4.59. The van der Waals surface area contributed by atoms with Crippen LogP contribution in [0.4, 0.5) is 0 Å². The minimum atomic E-state index is -0.342. The van der Waals surface area contributed by atoms with Crippen LogP contribution < -0.4 is 5.32 Å². The smallest absolute Gasteiger partial charge is 0.239 e. The number of hydrogen-bond acceptors (Lipinski definition) is 3. The molecule has 0 spiro atoms. The molecule has 2 atom stereocenters. The number of rotatable bonds is 1. The third-order valence-electron chi connectivity index (χ3n) is 3.32. The summed E-state index contributed by atoms with van der Waals surface area (Å²) in [4.78, 5) is 14.0. The highest BCUT2D eigenvalue weighted by molar-refractivity contribution is 5.82. The number of hydrogen-bond donors (Lipinski definition) is 2. The highest BCUT2D eigenvalue weighted by Gasteiger charge is 2.31. The van der Waals surface area contributed by atoms with Crippen LogP contribution >= 0.6 is 0 Å². The number of carbonyl (C=O) groups is 1. The average molecular weight is 212 g/mol. The van der Waals surface area contributed by atoms with Crippen LogP contribution in [0.3, 0.4) is 0 Å². The van der Waals surface area contributed by atoms with Crippen LogP contribution in [0.5, 0.6) is 0 Å². The minimum absolute atomic E-state index is 0.141. The zero-order chi connectivity index (χ0) is 10.7. The summed E-state index contributed by atoms with van der Waals surface area (Å²) in [6.07, 6.45) is 4.97.